The summed E-state index contributed by atoms with van der Waals surface area (Å²) in [4.78, 5) is 31.6. The molecule has 1 aliphatic heterocycles. The van der Waals surface area contributed by atoms with Gasteiger partial charge in [-0.1, -0.05) is 0 Å². The van der Waals surface area contributed by atoms with Crippen molar-refractivity contribution in [2.45, 2.75) is 20.3 Å². The first-order valence-electron chi connectivity index (χ1n) is 7.17. The smallest absolute Gasteiger partial charge is 0.246 e. The molecule has 3 rings (SSSR count). The fourth-order valence-electron chi connectivity index (χ4n) is 2.73. The number of nitrogens with two attached hydrogens (primary N) is 1. The lowest BCUT2D eigenvalue weighted by Gasteiger charge is -2.13. The number of carbonyl (C=O) groups is 2. The number of primary amides is 1. The number of fused-ring (bicyclic) bond motifs is 1. The predicted molar refractivity (Wildman–Crippen MR) is 85.5 cm³/mol. The van der Waals surface area contributed by atoms with Crippen molar-refractivity contribution in [3.05, 3.63) is 28.5 Å². The first kappa shape index (κ1) is 14.8. The molecule has 1 aliphatic rings. The summed E-state index contributed by atoms with van der Waals surface area (Å²) in [7, 11) is 0. The van der Waals surface area contributed by atoms with Crippen LogP contribution in [0.2, 0.25) is 0 Å². The molecule has 2 amide bonds. The van der Waals surface area contributed by atoms with E-state index >= 15 is 0 Å². The quantitative estimate of drug-likeness (QED) is 0.868. The highest BCUT2D eigenvalue weighted by atomic mass is 32.1. The molecule has 116 valence electrons. The van der Waals surface area contributed by atoms with Crippen LogP contribution in [0.4, 0.5) is 0 Å². The Balaban J connectivity index is 1.77. The molecule has 0 aromatic carbocycles. The molecule has 22 heavy (non-hydrogen) atoms. The van der Waals surface area contributed by atoms with Crippen LogP contribution in [-0.4, -0.2) is 39.2 Å². The predicted octanol–water partition coefficient (Wildman–Crippen LogP) is 1.36. The molecule has 2 aromatic rings. The number of thiazole rings is 1. The minimum atomic E-state index is -0.332. The summed E-state index contributed by atoms with van der Waals surface area (Å²) in [6, 6.07) is 0. The molecule has 2 N–H and O–H groups in total. The second-order valence-corrected chi connectivity index (χ2v) is 6.80. The van der Waals surface area contributed by atoms with Crippen LogP contribution in [0.25, 0.3) is 11.0 Å². The van der Waals surface area contributed by atoms with Gasteiger partial charge in [0.2, 0.25) is 11.8 Å². The molecular weight excluding hydrogens is 300 g/mol. The molecule has 0 aliphatic carbocycles. The highest BCUT2D eigenvalue weighted by Gasteiger charge is 2.28. The van der Waals surface area contributed by atoms with E-state index in [0.29, 0.717) is 19.5 Å². The van der Waals surface area contributed by atoms with E-state index in [1.165, 1.54) is 4.88 Å². The van der Waals surface area contributed by atoms with Gasteiger partial charge in [-0.15, -0.1) is 11.3 Å². The Morgan fingerprint density at radius 3 is 2.91 bits per heavy atom. The average Bonchev–Trinajstić information content (AvgIpc) is 3.11. The van der Waals surface area contributed by atoms with Gasteiger partial charge in [0.25, 0.3) is 0 Å². The van der Waals surface area contributed by atoms with Gasteiger partial charge in [-0.25, -0.2) is 4.98 Å². The van der Waals surface area contributed by atoms with Gasteiger partial charge in [0, 0.05) is 30.2 Å². The molecule has 1 fully saturated rings. The van der Waals surface area contributed by atoms with Crippen LogP contribution in [-0.2, 0) is 9.59 Å². The molecule has 0 bridgehead atoms. The van der Waals surface area contributed by atoms with Crippen molar-refractivity contribution < 1.29 is 9.59 Å². The zero-order valence-corrected chi connectivity index (χ0v) is 13.4. The number of likely N-dealkylation sites (tertiary alicyclic amines) is 1. The monoisotopic (exact) mass is 318 g/mol. The van der Waals surface area contributed by atoms with Crippen LogP contribution in [0.15, 0.2) is 12.3 Å². The van der Waals surface area contributed by atoms with Gasteiger partial charge in [-0.2, -0.15) is 0 Å². The Morgan fingerprint density at radius 1 is 1.45 bits per heavy atom. The first-order chi connectivity index (χ1) is 10.5. The van der Waals surface area contributed by atoms with Crippen LogP contribution >= 0.6 is 11.3 Å². The van der Waals surface area contributed by atoms with E-state index in [-0.39, 0.29) is 17.7 Å². The van der Waals surface area contributed by atoms with Gasteiger partial charge in [0.1, 0.15) is 0 Å². The number of nitrogens with zero attached hydrogens (tertiary/aromatic N) is 3. The standard InChI is InChI=1S/C15H18N4O2S/c1-9-7-19-12(10(2)17-15(19)22-9)3-4-13(20)18-6-5-11(8-18)14(16)21/h3-4,7,11H,5-6,8H2,1-2H3,(H2,16,21). The van der Waals surface area contributed by atoms with E-state index in [2.05, 4.69) is 4.98 Å². The number of carbonyl (C=O) groups excluding carboxylic acids is 2. The lowest BCUT2D eigenvalue weighted by Crippen LogP contribution is -2.30. The molecule has 0 radical (unpaired) electrons. The lowest BCUT2D eigenvalue weighted by molar-refractivity contribution is -0.125. The Hall–Kier alpha value is -2.15. The number of amides is 2. The minimum absolute atomic E-state index is 0.0925. The summed E-state index contributed by atoms with van der Waals surface area (Å²) in [6.07, 6.45) is 6.01. The molecule has 6 nitrogen and oxygen atoms in total. The molecular formula is C15H18N4O2S. The van der Waals surface area contributed by atoms with Crippen LogP contribution in [0.5, 0.6) is 0 Å². The maximum absolute atomic E-state index is 12.2. The molecule has 7 heteroatoms. The third-order valence-electron chi connectivity index (χ3n) is 3.95. The maximum atomic E-state index is 12.2. The molecule has 0 saturated carbocycles. The Labute approximate surface area is 132 Å². The second-order valence-electron chi connectivity index (χ2n) is 5.58. The van der Waals surface area contributed by atoms with Gasteiger partial charge < -0.3 is 10.6 Å². The van der Waals surface area contributed by atoms with Crippen molar-refractivity contribution in [3.63, 3.8) is 0 Å². The topological polar surface area (TPSA) is 80.7 Å². The Kier molecular flexibility index (Phi) is 3.74. The van der Waals surface area contributed by atoms with Gasteiger partial charge in [-0.05, 0) is 26.3 Å². The van der Waals surface area contributed by atoms with Crippen molar-refractivity contribution in [1.29, 1.82) is 0 Å². The second kappa shape index (κ2) is 5.57. The van der Waals surface area contributed by atoms with E-state index < -0.39 is 0 Å². The van der Waals surface area contributed by atoms with E-state index in [9.17, 15) is 9.59 Å². The highest BCUT2D eigenvalue weighted by molar-refractivity contribution is 7.17. The van der Waals surface area contributed by atoms with Crippen LogP contribution in [0.3, 0.4) is 0 Å². The largest absolute Gasteiger partial charge is 0.369 e. The molecule has 1 saturated heterocycles. The minimum Gasteiger partial charge on any atom is -0.369 e. The summed E-state index contributed by atoms with van der Waals surface area (Å²) < 4.78 is 2.00. The van der Waals surface area contributed by atoms with Crippen molar-refractivity contribution in [3.8, 4) is 0 Å². The van der Waals surface area contributed by atoms with Crippen molar-refractivity contribution >= 4 is 34.2 Å². The molecule has 0 spiro atoms. The average molecular weight is 318 g/mol. The zero-order chi connectivity index (χ0) is 15.9. The van der Waals surface area contributed by atoms with E-state index in [1.807, 2.05) is 24.4 Å². The number of rotatable bonds is 3. The molecule has 1 unspecified atom stereocenters. The van der Waals surface area contributed by atoms with E-state index in [0.717, 1.165) is 16.3 Å². The zero-order valence-electron chi connectivity index (χ0n) is 12.6. The van der Waals surface area contributed by atoms with Gasteiger partial charge >= 0.3 is 0 Å². The molecule has 3 heterocycles. The third-order valence-corrected chi connectivity index (χ3v) is 4.85. The highest BCUT2D eigenvalue weighted by Crippen LogP contribution is 2.22. The summed E-state index contributed by atoms with van der Waals surface area (Å²) >= 11 is 1.62. The van der Waals surface area contributed by atoms with E-state index in [1.54, 1.807) is 28.4 Å². The number of imidazole rings is 1. The summed E-state index contributed by atoms with van der Waals surface area (Å²) in [5, 5.41) is 0. The number of hydrogen-bond acceptors (Lipinski definition) is 4. The lowest BCUT2D eigenvalue weighted by atomic mass is 10.1. The van der Waals surface area contributed by atoms with Crippen molar-refractivity contribution in [2.75, 3.05) is 13.1 Å². The summed E-state index contributed by atoms with van der Waals surface area (Å²) in [5.41, 5.74) is 7.10. The number of aryl methyl sites for hydroxylation is 2. The summed E-state index contributed by atoms with van der Waals surface area (Å²) in [5.74, 6) is -0.647. The fraction of sp³-hybridized carbons (Fsp3) is 0.400. The van der Waals surface area contributed by atoms with E-state index in [4.69, 9.17) is 5.73 Å². The maximum Gasteiger partial charge on any atom is 0.246 e. The van der Waals surface area contributed by atoms with Crippen LogP contribution < -0.4 is 5.73 Å². The third kappa shape index (κ3) is 2.64. The Bertz CT molecular complexity index is 774. The fourth-order valence-corrected chi connectivity index (χ4v) is 3.61. The Morgan fingerprint density at radius 2 is 2.23 bits per heavy atom. The van der Waals surface area contributed by atoms with Gasteiger partial charge in [0.05, 0.1) is 17.3 Å². The van der Waals surface area contributed by atoms with Crippen LogP contribution in [0, 0.1) is 19.8 Å². The normalized spacial score (nSPS) is 18.6. The van der Waals surface area contributed by atoms with Crippen molar-refractivity contribution in [2.24, 2.45) is 11.7 Å². The SMILES string of the molecule is Cc1cn2c(C=CC(=O)N3CCC(C(N)=O)C3)c(C)nc2s1. The van der Waals surface area contributed by atoms with Gasteiger partial charge in [0.15, 0.2) is 4.96 Å². The van der Waals surface area contributed by atoms with Crippen molar-refractivity contribution in [1.82, 2.24) is 14.3 Å². The van der Waals surface area contributed by atoms with Crippen LogP contribution in [0.1, 0.15) is 22.7 Å². The number of hydrogen-bond donors (Lipinski definition) is 1. The summed E-state index contributed by atoms with van der Waals surface area (Å²) in [6.45, 7) is 4.95. The van der Waals surface area contributed by atoms with Gasteiger partial charge in [-0.3, -0.25) is 14.0 Å². The number of aromatic nitrogens is 2. The molecule has 2 aromatic heterocycles. The first-order valence-corrected chi connectivity index (χ1v) is 7.98. The molecule has 1 atom stereocenters.